The lowest BCUT2D eigenvalue weighted by molar-refractivity contribution is -0.679. The van der Waals surface area contributed by atoms with Gasteiger partial charge in [0.15, 0.2) is 11.9 Å². The van der Waals surface area contributed by atoms with E-state index in [2.05, 4.69) is 0 Å². The number of hydrogen-bond donors (Lipinski definition) is 2. The van der Waals surface area contributed by atoms with E-state index in [0.29, 0.717) is 6.42 Å². The predicted octanol–water partition coefficient (Wildman–Crippen LogP) is 0.485. The number of aryl methyl sites for hydroxylation is 1. The van der Waals surface area contributed by atoms with Gasteiger partial charge in [0.1, 0.15) is 7.05 Å². The van der Waals surface area contributed by atoms with Crippen molar-refractivity contribution in [3.05, 3.63) is 18.0 Å². The van der Waals surface area contributed by atoms with Crippen LogP contribution in [0, 0.1) is 0 Å². The fourth-order valence-electron chi connectivity index (χ4n) is 1.08. The van der Waals surface area contributed by atoms with Crippen LogP contribution in [0.1, 0.15) is 12.6 Å². The monoisotopic (exact) mass is 154 g/mol. The van der Waals surface area contributed by atoms with Crippen molar-refractivity contribution in [2.24, 2.45) is 7.05 Å². The number of nitrogens with zero attached hydrogens (tertiary/aromatic N) is 1. The number of aromatic hydroxyl groups is 2. The average Bonchev–Trinajstić information content (AvgIpc) is 1.99. The molecule has 1 rings (SSSR count). The minimum absolute atomic E-state index is 0.0162. The van der Waals surface area contributed by atoms with Gasteiger partial charge in [-0.3, -0.25) is 0 Å². The molecule has 0 radical (unpaired) electrons. The van der Waals surface area contributed by atoms with Crippen LogP contribution in [0.4, 0.5) is 0 Å². The second-order valence-corrected chi connectivity index (χ2v) is 2.46. The van der Waals surface area contributed by atoms with Crippen molar-refractivity contribution in [3.8, 4) is 11.5 Å². The summed E-state index contributed by atoms with van der Waals surface area (Å²) in [4.78, 5) is 0. The van der Waals surface area contributed by atoms with Gasteiger partial charge in [0.2, 0.25) is 11.4 Å². The average molecular weight is 154 g/mol. The van der Waals surface area contributed by atoms with Gasteiger partial charge in [-0.15, -0.1) is 0 Å². The fourth-order valence-corrected chi connectivity index (χ4v) is 1.08. The third-order valence-electron chi connectivity index (χ3n) is 1.73. The maximum absolute atomic E-state index is 9.31. The summed E-state index contributed by atoms with van der Waals surface area (Å²) in [6, 6.07) is 1.47. The molecule has 0 unspecified atom stereocenters. The van der Waals surface area contributed by atoms with Crippen LogP contribution < -0.4 is 4.57 Å². The molecule has 0 amide bonds. The normalized spacial score (nSPS) is 10.0. The summed E-state index contributed by atoms with van der Waals surface area (Å²) in [7, 11) is 1.83. The van der Waals surface area contributed by atoms with E-state index in [4.69, 9.17) is 5.11 Å². The van der Waals surface area contributed by atoms with E-state index >= 15 is 0 Å². The zero-order chi connectivity index (χ0) is 8.43. The molecule has 11 heavy (non-hydrogen) atoms. The third-order valence-corrected chi connectivity index (χ3v) is 1.73. The lowest BCUT2D eigenvalue weighted by atomic mass is 10.2. The second-order valence-electron chi connectivity index (χ2n) is 2.46. The van der Waals surface area contributed by atoms with Gasteiger partial charge < -0.3 is 10.2 Å². The molecule has 0 aromatic carbocycles. The van der Waals surface area contributed by atoms with Gasteiger partial charge in [-0.2, -0.15) is 0 Å². The van der Waals surface area contributed by atoms with Crippen molar-refractivity contribution in [1.82, 2.24) is 0 Å². The van der Waals surface area contributed by atoms with Crippen LogP contribution in [0.3, 0.4) is 0 Å². The molecule has 0 saturated heterocycles. The van der Waals surface area contributed by atoms with Crippen LogP contribution in [0.2, 0.25) is 0 Å². The van der Waals surface area contributed by atoms with Crippen LogP contribution in [-0.2, 0) is 13.5 Å². The SMILES string of the molecule is CCc1c(O)c(O)cc[n+]1C. The Bertz CT molecular complexity index is 271. The van der Waals surface area contributed by atoms with Gasteiger partial charge >= 0.3 is 0 Å². The molecule has 60 valence electrons. The Morgan fingerprint density at radius 2 is 2.09 bits per heavy atom. The maximum atomic E-state index is 9.31. The molecule has 0 aliphatic carbocycles. The Morgan fingerprint density at radius 1 is 1.45 bits per heavy atom. The van der Waals surface area contributed by atoms with Gasteiger partial charge in [0.05, 0.1) is 0 Å². The molecule has 0 bridgehead atoms. The molecule has 1 aromatic heterocycles. The highest BCUT2D eigenvalue weighted by Gasteiger charge is 2.13. The Hall–Kier alpha value is -1.25. The summed E-state index contributed by atoms with van der Waals surface area (Å²) in [5, 5.41) is 18.4. The van der Waals surface area contributed by atoms with Crippen LogP contribution in [0.25, 0.3) is 0 Å². The molecule has 0 saturated carbocycles. The largest absolute Gasteiger partial charge is 0.504 e. The smallest absolute Gasteiger partial charge is 0.226 e. The molecule has 0 aliphatic rings. The Labute approximate surface area is 65.5 Å². The minimum Gasteiger partial charge on any atom is -0.504 e. The number of aromatic nitrogens is 1. The van der Waals surface area contributed by atoms with E-state index in [-0.39, 0.29) is 11.5 Å². The lowest BCUT2D eigenvalue weighted by Gasteiger charge is -2.00. The third kappa shape index (κ3) is 1.27. The quantitative estimate of drug-likeness (QED) is 0.578. The minimum atomic E-state index is -0.0556. The molecular formula is C8H12NO2+. The molecule has 1 heterocycles. The Balaban J connectivity index is 3.29. The van der Waals surface area contributed by atoms with Crippen LogP contribution in [0.15, 0.2) is 12.3 Å². The fraction of sp³-hybridized carbons (Fsp3) is 0.375. The van der Waals surface area contributed by atoms with Gasteiger partial charge in [0.25, 0.3) is 0 Å². The summed E-state index contributed by atoms with van der Waals surface area (Å²) in [6.45, 7) is 1.93. The highest BCUT2D eigenvalue weighted by atomic mass is 16.3. The zero-order valence-corrected chi connectivity index (χ0v) is 6.70. The molecular weight excluding hydrogens is 142 g/mol. The Morgan fingerprint density at radius 3 is 2.55 bits per heavy atom. The number of hydrogen-bond acceptors (Lipinski definition) is 2. The summed E-state index contributed by atoms with van der Waals surface area (Å²) in [5.74, 6) is -0.0718. The first-order chi connectivity index (χ1) is 5.16. The first-order valence-corrected chi connectivity index (χ1v) is 3.56. The van der Waals surface area contributed by atoms with E-state index in [1.807, 2.05) is 14.0 Å². The van der Waals surface area contributed by atoms with Crippen LogP contribution in [-0.4, -0.2) is 10.2 Å². The van der Waals surface area contributed by atoms with Gasteiger partial charge in [-0.25, -0.2) is 4.57 Å². The molecule has 1 aromatic rings. The van der Waals surface area contributed by atoms with E-state index in [0.717, 1.165) is 5.69 Å². The summed E-state index contributed by atoms with van der Waals surface area (Å²) in [6.07, 6.45) is 2.42. The standard InChI is InChI=1S/C8H11NO2/c1-3-6-8(11)7(10)4-5-9(6)2/h4-5,11H,3H2,1-2H3/p+1. The maximum Gasteiger partial charge on any atom is 0.226 e. The second kappa shape index (κ2) is 2.78. The predicted molar refractivity (Wildman–Crippen MR) is 40.3 cm³/mol. The molecule has 3 nitrogen and oxygen atoms in total. The van der Waals surface area contributed by atoms with Crippen molar-refractivity contribution in [2.45, 2.75) is 13.3 Å². The van der Waals surface area contributed by atoms with Gasteiger partial charge in [-0.1, -0.05) is 6.92 Å². The van der Waals surface area contributed by atoms with Gasteiger partial charge in [0, 0.05) is 12.5 Å². The summed E-state index contributed by atoms with van der Waals surface area (Å²) < 4.78 is 1.79. The van der Waals surface area contributed by atoms with Crippen molar-refractivity contribution in [3.63, 3.8) is 0 Å². The Kier molecular flexibility index (Phi) is 1.98. The topological polar surface area (TPSA) is 44.3 Å². The highest BCUT2D eigenvalue weighted by molar-refractivity contribution is 5.37. The van der Waals surface area contributed by atoms with Crippen LogP contribution in [0.5, 0.6) is 11.5 Å². The van der Waals surface area contributed by atoms with Crippen LogP contribution >= 0.6 is 0 Å². The first kappa shape index (κ1) is 7.85. The zero-order valence-electron chi connectivity index (χ0n) is 6.70. The van der Waals surface area contributed by atoms with Crippen molar-refractivity contribution in [1.29, 1.82) is 0 Å². The van der Waals surface area contributed by atoms with E-state index < -0.39 is 0 Å². The van der Waals surface area contributed by atoms with E-state index in [1.54, 1.807) is 10.8 Å². The van der Waals surface area contributed by atoms with Crippen molar-refractivity contribution >= 4 is 0 Å². The highest BCUT2D eigenvalue weighted by Crippen LogP contribution is 2.24. The van der Waals surface area contributed by atoms with E-state index in [9.17, 15) is 5.11 Å². The molecule has 2 N–H and O–H groups in total. The lowest BCUT2D eigenvalue weighted by Crippen LogP contribution is -2.32. The number of rotatable bonds is 1. The number of pyridine rings is 1. The van der Waals surface area contributed by atoms with Crippen molar-refractivity contribution in [2.75, 3.05) is 0 Å². The van der Waals surface area contributed by atoms with Gasteiger partial charge in [-0.05, 0) is 0 Å². The molecule has 0 aliphatic heterocycles. The molecule has 0 atom stereocenters. The summed E-state index contributed by atoms with van der Waals surface area (Å²) in [5.41, 5.74) is 0.741. The first-order valence-electron chi connectivity index (χ1n) is 3.56. The van der Waals surface area contributed by atoms with Crippen molar-refractivity contribution < 1.29 is 14.8 Å². The molecule has 0 fully saturated rings. The molecule has 3 heteroatoms. The molecule has 0 spiro atoms. The van der Waals surface area contributed by atoms with E-state index in [1.165, 1.54) is 6.07 Å². The summed E-state index contributed by atoms with van der Waals surface area (Å²) >= 11 is 0.